The number of anilines is 1. The third-order valence-electron chi connectivity index (χ3n) is 3.81. The number of carbonyl (C=O) groups is 1. The Morgan fingerprint density at radius 3 is 2.32 bits per heavy atom. The number of amides is 1. The highest BCUT2D eigenvalue weighted by molar-refractivity contribution is 7.80. The lowest BCUT2D eigenvalue weighted by atomic mass is 10.1. The van der Waals surface area contributed by atoms with E-state index in [0.717, 1.165) is 22.6 Å². The van der Waals surface area contributed by atoms with E-state index in [-0.39, 0.29) is 11.0 Å². The van der Waals surface area contributed by atoms with Gasteiger partial charge in [0, 0.05) is 10.7 Å². The van der Waals surface area contributed by atoms with E-state index in [1.807, 2.05) is 45.0 Å². The predicted molar refractivity (Wildman–Crippen MR) is 116 cm³/mol. The molecular weight excluding hydrogens is 398 g/mol. The summed E-state index contributed by atoms with van der Waals surface area (Å²) in [5.74, 6) is 1.06. The highest BCUT2D eigenvalue weighted by Gasteiger charge is 2.17. The number of carbonyl (C=O) groups excluding carboxylic acids is 1. The molecule has 1 atom stereocenters. The van der Waals surface area contributed by atoms with Gasteiger partial charge < -0.3 is 14.8 Å². The molecule has 2 rings (SSSR count). The molecule has 0 aliphatic carbocycles. The number of ether oxygens (including phenoxy) is 2. The summed E-state index contributed by atoms with van der Waals surface area (Å²) >= 11 is 11.2. The van der Waals surface area contributed by atoms with Crippen molar-refractivity contribution in [3.63, 3.8) is 0 Å². The third kappa shape index (κ3) is 6.28. The molecule has 150 valence electrons. The molecule has 6 nitrogen and oxygen atoms in total. The topological polar surface area (TPSA) is 71.6 Å². The monoisotopic (exact) mass is 421 g/mol. The molecule has 0 saturated heterocycles. The summed E-state index contributed by atoms with van der Waals surface area (Å²) in [5, 5.41) is 3.86. The van der Waals surface area contributed by atoms with Gasteiger partial charge >= 0.3 is 0 Å². The molecule has 2 aromatic rings. The van der Waals surface area contributed by atoms with Gasteiger partial charge in [0.25, 0.3) is 5.91 Å². The van der Waals surface area contributed by atoms with Crippen molar-refractivity contribution >= 4 is 40.5 Å². The van der Waals surface area contributed by atoms with E-state index in [0.29, 0.717) is 17.4 Å². The molecule has 0 fully saturated rings. The Morgan fingerprint density at radius 2 is 1.75 bits per heavy atom. The number of rotatable bonds is 6. The van der Waals surface area contributed by atoms with Crippen molar-refractivity contribution in [1.29, 1.82) is 0 Å². The number of aryl methyl sites for hydroxylation is 2. The van der Waals surface area contributed by atoms with Gasteiger partial charge in [-0.15, -0.1) is 0 Å². The summed E-state index contributed by atoms with van der Waals surface area (Å²) in [7, 11) is 0. The second-order valence-electron chi connectivity index (χ2n) is 6.15. The first kappa shape index (κ1) is 21.8. The van der Waals surface area contributed by atoms with Crippen LogP contribution in [0.2, 0.25) is 5.02 Å². The van der Waals surface area contributed by atoms with Crippen LogP contribution in [0, 0.1) is 13.8 Å². The van der Waals surface area contributed by atoms with Crippen molar-refractivity contribution in [2.75, 3.05) is 11.9 Å². The van der Waals surface area contributed by atoms with Gasteiger partial charge in [-0.25, -0.2) is 0 Å². The van der Waals surface area contributed by atoms with Crippen molar-refractivity contribution in [3.8, 4) is 11.5 Å². The molecule has 1 amide bonds. The van der Waals surface area contributed by atoms with Gasteiger partial charge in [0.05, 0.1) is 6.61 Å². The lowest BCUT2D eigenvalue weighted by molar-refractivity contribution is -0.127. The minimum Gasteiger partial charge on any atom is -0.494 e. The Labute approximate surface area is 175 Å². The average molecular weight is 422 g/mol. The van der Waals surface area contributed by atoms with Gasteiger partial charge in [-0.3, -0.25) is 15.6 Å². The summed E-state index contributed by atoms with van der Waals surface area (Å²) in [6, 6.07) is 10.9. The number of hydrogen-bond acceptors (Lipinski definition) is 4. The first-order valence-electron chi connectivity index (χ1n) is 8.83. The zero-order chi connectivity index (χ0) is 20.7. The lowest BCUT2D eigenvalue weighted by Crippen LogP contribution is -2.48. The molecule has 0 aliphatic rings. The van der Waals surface area contributed by atoms with Crippen LogP contribution in [-0.4, -0.2) is 23.7 Å². The molecule has 28 heavy (non-hydrogen) atoms. The summed E-state index contributed by atoms with van der Waals surface area (Å²) in [5.41, 5.74) is 7.70. The Bertz CT molecular complexity index is 820. The summed E-state index contributed by atoms with van der Waals surface area (Å²) in [4.78, 5) is 12.3. The van der Waals surface area contributed by atoms with E-state index < -0.39 is 6.10 Å². The van der Waals surface area contributed by atoms with E-state index >= 15 is 0 Å². The van der Waals surface area contributed by atoms with Crippen molar-refractivity contribution in [2.24, 2.45) is 0 Å². The summed E-state index contributed by atoms with van der Waals surface area (Å²) in [6.45, 7) is 7.95. The lowest BCUT2D eigenvalue weighted by Gasteiger charge is -2.19. The molecular formula is C20H24ClN3O3S. The maximum Gasteiger partial charge on any atom is 0.279 e. The fourth-order valence-corrected chi connectivity index (χ4v) is 2.99. The van der Waals surface area contributed by atoms with Gasteiger partial charge in [-0.2, -0.15) is 0 Å². The van der Waals surface area contributed by atoms with Crippen LogP contribution in [-0.2, 0) is 4.79 Å². The Kier molecular flexibility index (Phi) is 7.90. The Balaban J connectivity index is 1.84. The number of nitrogens with one attached hydrogen (secondary N) is 3. The molecule has 0 aromatic heterocycles. The van der Waals surface area contributed by atoms with E-state index in [1.54, 1.807) is 19.1 Å². The first-order valence-corrected chi connectivity index (χ1v) is 9.62. The SMILES string of the molecule is CCOc1ccc(NC(=S)NNC(=O)[C@@H](C)Oc2c(C)cc(Cl)cc2C)cc1. The Hall–Kier alpha value is -2.51. The van der Waals surface area contributed by atoms with Crippen LogP contribution < -0.4 is 25.6 Å². The van der Waals surface area contributed by atoms with Gasteiger partial charge in [0.15, 0.2) is 11.2 Å². The smallest absolute Gasteiger partial charge is 0.279 e. The molecule has 2 aromatic carbocycles. The minimum atomic E-state index is -0.723. The van der Waals surface area contributed by atoms with Gasteiger partial charge in [0.1, 0.15) is 11.5 Å². The molecule has 0 unspecified atom stereocenters. The van der Waals surface area contributed by atoms with Gasteiger partial charge in [-0.05, 0) is 87.4 Å². The maximum absolute atomic E-state index is 12.3. The first-order chi connectivity index (χ1) is 13.3. The van der Waals surface area contributed by atoms with Crippen LogP contribution in [0.15, 0.2) is 36.4 Å². The second kappa shape index (κ2) is 10.1. The largest absolute Gasteiger partial charge is 0.494 e. The van der Waals surface area contributed by atoms with Crippen LogP contribution in [0.1, 0.15) is 25.0 Å². The quantitative estimate of drug-likeness (QED) is 0.481. The average Bonchev–Trinajstić information content (AvgIpc) is 2.64. The van der Waals surface area contributed by atoms with E-state index in [4.69, 9.17) is 33.3 Å². The van der Waals surface area contributed by atoms with Crippen molar-refractivity contribution in [2.45, 2.75) is 33.8 Å². The molecule has 0 saturated carbocycles. The summed E-state index contributed by atoms with van der Waals surface area (Å²) in [6.07, 6.45) is -0.723. The second-order valence-corrected chi connectivity index (χ2v) is 7.00. The molecule has 3 N–H and O–H groups in total. The van der Waals surface area contributed by atoms with Crippen LogP contribution in [0.25, 0.3) is 0 Å². The number of benzene rings is 2. The zero-order valence-electron chi connectivity index (χ0n) is 16.3. The zero-order valence-corrected chi connectivity index (χ0v) is 17.8. The number of hydrazine groups is 1. The number of halogens is 1. The molecule has 0 radical (unpaired) electrons. The molecule has 0 bridgehead atoms. The number of hydrogen-bond donors (Lipinski definition) is 3. The molecule has 0 spiro atoms. The highest BCUT2D eigenvalue weighted by Crippen LogP contribution is 2.27. The molecule has 0 aliphatic heterocycles. The highest BCUT2D eigenvalue weighted by atomic mass is 35.5. The fourth-order valence-electron chi connectivity index (χ4n) is 2.50. The Morgan fingerprint density at radius 1 is 1.14 bits per heavy atom. The van der Waals surface area contributed by atoms with Crippen molar-refractivity contribution in [1.82, 2.24) is 10.9 Å². The van der Waals surface area contributed by atoms with Crippen LogP contribution >= 0.6 is 23.8 Å². The predicted octanol–water partition coefficient (Wildman–Crippen LogP) is 4.14. The standard InChI is InChI=1S/C20H24ClN3O3S/c1-5-26-17-8-6-16(7-9-17)22-20(28)24-23-19(25)14(4)27-18-12(2)10-15(21)11-13(18)3/h6-11,14H,5H2,1-4H3,(H,23,25)(H2,22,24,28)/t14-/m1/s1. The summed E-state index contributed by atoms with van der Waals surface area (Å²) < 4.78 is 11.2. The van der Waals surface area contributed by atoms with Crippen LogP contribution in [0.5, 0.6) is 11.5 Å². The number of thiocarbonyl (C=S) groups is 1. The van der Waals surface area contributed by atoms with Crippen molar-refractivity contribution < 1.29 is 14.3 Å². The van der Waals surface area contributed by atoms with E-state index in [9.17, 15) is 4.79 Å². The third-order valence-corrected chi connectivity index (χ3v) is 4.23. The van der Waals surface area contributed by atoms with Gasteiger partial charge in [0.2, 0.25) is 0 Å². The van der Waals surface area contributed by atoms with E-state index in [2.05, 4.69) is 16.2 Å². The minimum absolute atomic E-state index is 0.253. The molecule has 0 heterocycles. The van der Waals surface area contributed by atoms with E-state index in [1.165, 1.54) is 0 Å². The maximum atomic E-state index is 12.3. The van der Waals surface area contributed by atoms with Crippen molar-refractivity contribution in [3.05, 3.63) is 52.5 Å². The fraction of sp³-hybridized carbons (Fsp3) is 0.300. The van der Waals surface area contributed by atoms with Crippen LogP contribution in [0.4, 0.5) is 5.69 Å². The normalized spacial score (nSPS) is 11.3. The van der Waals surface area contributed by atoms with Gasteiger partial charge in [-0.1, -0.05) is 11.6 Å². The van der Waals surface area contributed by atoms with Crippen LogP contribution in [0.3, 0.4) is 0 Å². The molecule has 8 heteroatoms.